The fraction of sp³-hybridized carbons (Fsp3) is 0.667. The van der Waals surface area contributed by atoms with E-state index in [2.05, 4.69) is 28.3 Å². The minimum atomic E-state index is -5.92. The summed E-state index contributed by atoms with van der Waals surface area (Å²) in [6.07, 6.45) is -15.0. The van der Waals surface area contributed by atoms with Crippen molar-refractivity contribution in [2.45, 2.75) is 62.2 Å². The van der Waals surface area contributed by atoms with Crippen LogP contribution in [0.1, 0.15) is 13.2 Å². The van der Waals surface area contributed by atoms with E-state index in [-0.39, 0.29) is 87.1 Å². The van der Waals surface area contributed by atoms with Crippen molar-refractivity contribution in [3.63, 3.8) is 0 Å². The molecule has 2 fully saturated rings. The number of hydrogen-bond donors (Lipinski definition) is 7. The predicted molar refractivity (Wildman–Crippen MR) is 139 cm³/mol. The minimum absolute atomic E-state index is 0. The number of phosphoric acid groups is 2. The molecule has 4 rings (SSSR count). The van der Waals surface area contributed by atoms with E-state index in [1.54, 1.807) is 0 Å². The van der Waals surface area contributed by atoms with Crippen LogP contribution in [-0.4, -0.2) is 112 Å². The molecule has 11 atom stereocenters. The van der Waals surface area contributed by atoms with E-state index in [1.165, 1.54) is 6.92 Å². The molecule has 242 valence electrons. The number of ether oxygens (including phenoxy) is 2. The van der Waals surface area contributed by atoms with Gasteiger partial charge in [0.2, 0.25) is 5.95 Å². The van der Waals surface area contributed by atoms with Crippen LogP contribution in [-0.2, 0) is 36.8 Å². The third-order valence-electron chi connectivity index (χ3n) is 5.97. The van der Waals surface area contributed by atoms with Gasteiger partial charge >= 0.3 is 59.1 Å². The predicted octanol–water partition coefficient (Wildman–Crippen LogP) is -9.95. The molecule has 0 bridgehead atoms. The summed E-state index contributed by atoms with van der Waals surface area (Å²) in [5.41, 5.74) is 4.50. The largest absolute Gasteiger partial charge is 1.00 e. The Morgan fingerprint density at radius 3 is 2.36 bits per heavy atom. The van der Waals surface area contributed by atoms with Crippen molar-refractivity contribution in [3.8, 4) is 0 Å². The van der Waals surface area contributed by atoms with Gasteiger partial charge in [-0.25, -0.2) is 9.29 Å². The van der Waals surface area contributed by atoms with Crippen molar-refractivity contribution in [2.24, 2.45) is 0 Å². The summed E-state index contributed by atoms with van der Waals surface area (Å²) in [6, 6.07) is 0. The number of nitrogen functional groups attached to an aromatic ring is 1. The van der Waals surface area contributed by atoms with Crippen molar-refractivity contribution in [1.82, 2.24) is 19.5 Å². The number of nitrogens with one attached hydrogen (secondary N) is 1. The Morgan fingerprint density at radius 1 is 1.07 bits per heavy atom. The molecule has 2 aromatic rings. The van der Waals surface area contributed by atoms with Crippen LogP contribution in [0.15, 0.2) is 11.1 Å². The molecule has 0 aromatic carbocycles. The fourth-order valence-electron chi connectivity index (χ4n) is 4.01. The Bertz CT molecular complexity index is 1490. The van der Waals surface area contributed by atoms with Crippen LogP contribution in [0, 0.1) is 0 Å². The summed E-state index contributed by atoms with van der Waals surface area (Å²) in [5, 5.41) is 50.7. The van der Waals surface area contributed by atoms with Gasteiger partial charge in [-0.15, -0.1) is 0 Å². The molecular weight excluding hydrogens is 714 g/mol. The number of fused-ring (bicyclic) bond motifs is 1. The van der Waals surface area contributed by atoms with E-state index in [0.29, 0.717) is 0 Å². The van der Waals surface area contributed by atoms with E-state index in [0.717, 1.165) is 32.5 Å². The number of carbonyl (C=O) groups is 1. The molecule has 11 unspecified atom stereocenters. The van der Waals surface area contributed by atoms with E-state index in [1.807, 2.05) is 0 Å². The number of aromatic amines is 1. The van der Waals surface area contributed by atoms with Crippen molar-refractivity contribution in [1.29, 1.82) is 0 Å². The number of nitrogens with zero attached hydrogens (tertiary/aromatic N) is 3. The molecule has 2 aliphatic rings. The number of carbonyl (C=O) groups excluding carboxylic acids is 1. The summed E-state index contributed by atoms with van der Waals surface area (Å²) < 4.78 is 49.2. The third kappa shape index (κ3) is 10.3. The Balaban J connectivity index is 0.00000353. The number of aliphatic hydroxyl groups excluding tert-OH is 5. The monoisotopic (exact) mass is 739 g/mol. The van der Waals surface area contributed by atoms with Gasteiger partial charge in [0.15, 0.2) is 28.8 Å². The Hall–Kier alpha value is 0.500. The van der Waals surface area contributed by atoms with Gasteiger partial charge in [-0.05, 0) is 10.8 Å². The summed E-state index contributed by atoms with van der Waals surface area (Å²) in [5.74, 6) is -0.466. The van der Waals surface area contributed by atoms with Gasteiger partial charge < -0.3 is 55.1 Å². The van der Waals surface area contributed by atoms with Crippen molar-refractivity contribution >= 4 is 59.5 Å². The maximum atomic E-state index is 12.3. The first kappa shape index (κ1) is 41.7. The second-order valence-electron chi connectivity index (χ2n) is 9.07. The first-order chi connectivity index (χ1) is 20.0. The molecule has 45 heavy (non-hydrogen) atoms. The normalized spacial score (nSPS) is 32.7. The first-order valence-electron chi connectivity index (χ1n) is 11.9. The van der Waals surface area contributed by atoms with Crippen LogP contribution in [0.4, 0.5) is 5.95 Å². The number of nitrogens with two attached hydrogens (primary N) is 1. The molecule has 0 saturated carbocycles. The molecular formula is C18H25N5Na2O16P2S2. The summed E-state index contributed by atoms with van der Waals surface area (Å²) in [6.45, 7) is 0.173. The molecule has 8 N–H and O–H groups in total. The first-order valence-corrected chi connectivity index (χ1v) is 17.1. The maximum Gasteiger partial charge on any atom is 1.00 e. The molecule has 21 nitrogen and oxygen atoms in total. The number of aromatic nitrogens is 4. The van der Waals surface area contributed by atoms with Crippen molar-refractivity contribution in [2.75, 3.05) is 18.1 Å². The molecule has 2 saturated heterocycles. The zero-order valence-corrected chi connectivity index (χ0v) is 31.0. The number of rotatable bonds is 11. The van der Waals surface area contributed by atoms with Crippen LogP contribution in [0.5, 0.6) is 0 Å². The summed E-state index contributed by atoms with van der Waals surface area (Å²) >= 11 is 0. The third-order valence-corrected chi connectivity index (χ3v) is 10.8. The van der Waals surface area contributed by atoms with Gasteiger partial charge in [-0.2, -0.15) is 4.98 Å². The number of H-pyrrole nitrogens is 1. The Morgan fingerprint density at radius 2 is 1.71 bits per heavy atom. The van der Waals surface area contributed by atoms with Crippen molar-refractivity contribution in [3.05, 3.63) is 16.7 Å². The average molecular weight is 739 g/mol. The average Bonchev–Trinajstić information content (AvgIpc) is 3.43. The topological polar surface area (TPSA) is 334 Å². The number of anilines is 1. The number of hydrogen-bond acceptors (Lipinski definition) is 21. The number of aliphatic hydroxyl groups is 5. The molecule has 0 spiro atoms. The molecule has 0 aliphatic carbocycles. The van der Waals surface area contributed by atoms with Crippen LogP contribution in [0.3, 0.4) is 0 Å². The van der Waals surface area contributed by atoms with Gasteiger partial charge in [0.05, 0.1) is 19.0 Å². The second-order valence-corrected chi connectivity index (χ2v) is 14.5. The summed E-state index contributed by atoms with van der Waals surface area (Å²) in [7, 11) is -10.1. The maximum absolute atomic E-state index is 12.3. The SMILES string of the molecule is CC(=O)SSCC1OC(OP(=O)([O-])OP(=O)([O-])OCC2OC(n3cnc4c(=O)[nH]c(N)nc43)C(O)C2O)C(O)C(O)C1O.[Na+].[Na+]. The fourth-order valence-corrected chi connectivity index (χ4v) is 7.84. The molecule has 2 aromatic heterocycles. The molecule has 0 radical (unpaired) electrons. The van der Waals surface area contributed by atoms with Gasteiger partial charge in [0.25, 0.3) is 21.2 Å². The van der Waals surface area contributed by atoms with Gasteiger partial charge in [-0.1, -0.05) is 10.8 Å². The number of phosphoric ester groups is 2. The zero-order chi connectivity index (χ0) is 31.9. The zero-order valence-electron chi connectivity index (χ0n) is 23.5. The quantitative estimate of drug-likeness (QED) is 0.0639. The summed E-state index contributed by atoms with van der Waals surface area (Å²) in [4.78, 5) is 57.6. The Kier molecular flexibility index (Phi) is 15.7. The van der Waals surface area contributed by atoms with Gasteiger partial charge in [-0.3, -0.25) is 32.8 Å². The van der Waals surface area contributed by atoms with E-state index in [9.17, 15) is 54.0 Å². The van der Waals surface area contributed by atoms with E-state index in [4.69, 9.17) is 15.2 Å². The van der Waals surface area contributed by atoms with Crippen LogP contribution in [0.2, 0.25) is 0 Å². The van der Waals surface area contributed by atoms with Crippen LogP contribution in [0.25, 0.3) is 11.2 Å². The minimum Gasteiger partial charge on any atom is -0.756 e. The Labute approximate surface area is 304 Å². The smallest absolute Gasteiger partial charge is 0.756 e. The standard InChI is InChI=1S/C18H27N5O16P2S2.2Na/c1-5(24)43-42-3-7-10(26)11(27)13(29)17(37-7)38-41(33,34)39-40(31,32)35-2-6-9(25)12(28)16(36-6)23-4-20-8-14(23)21-18(19)22-15(8)30;;/h4,6-7,9-13,16-17,25-29H,2-3H2,1H3,(H,31,32)(H,33,34)(H3,19,21,22,30);;/q;2*+1/p-2. The second kappa shape index (κ2) is 16.9. The van der Waals surface area contributed by atoms with Crippen molar-refractivity contribution < 1.29 is 131 Å². The van der Waals surface area contributed by atoms with Crippen LogP contribution < -0.4 is 80.2 Å². The molecule has 2 aliphatic heterocycles. The van der Waals surface area contributed by atoms with Gasteiger partial charge in [0, 0.05) is 12.7 Å². The molecule has 4 heterocycles. The van der Waals surface area contributed by atoms with E-state index < -0.39 is 83.1 Å². The molecule has 0 amide bonds. The molecule has 27 heteroatoms. The van der Waals surface area contributed by atoms with Gasteiger partial charge in [0.1, 0.15) is 36.6 Å². The number of imidazole rings is 1. The van der Waals surface area contributed by atoms with Crippen LogP contribution >= 0.6 is 37.2 Å². The van der Waals surface area contributed by atoms with E-state index >= 15 is 0 Å².